The second kappa shape index (κ2) is 6.70. The molecule has 8 heteroatoms. The van der Waals surface area contributed by atoms with E-state index in [0.717, 1.165) is 5.69 Å². The number of benzene rings is 1. The van der Waals surface area contributed by atoms with E-state index >= 15 is 0 Å². The number of amides is 1. The second-order valence-corrected chi connectivity index (χ2v) is 4.74. The molecule has 2 rings (SSSR count). The van der Waals surface area contributed by atoms with Crippen LogP contribution in [-0.2, 0) is 13.5 Å². The molecule has 0 unspecified atom stereocenters. The quantitative estimate of drug-likeness (QED) is 0.619. The fraction of sp³-hybridized carbons (Fsp3) is 0.286. The highest BCUT2D eigenvalue weighted by molar-refractivity contribution is 5.95. The molecule has 2 aromatic rings. The van der Waals surface area contributed by atoms with Crippen LogP contribution in [0.25, 0.3) is 0 Å². The molecule has 2 N–H and O–H groups in total. The van der Waals surface area contributed by atoms with E-state index in [1.807, 2.05) is 11.6 Å². The summed E-state index contributed by atoms with van der Waals surface area (Å²) < 4.78 is 1.89. The fourth-order valence-corrected chi connectivity index (χ4v) is 2.07. The van der Waals surface area contributed by atoms with E-state index in [-0.39, 0.29) is 17.2 Å². The summed E-state index contributed by atoms with van der Waals surface area (Å²) in [6, 6.07) is 4.37. The first-order chi connectivity index (χ1) is 10.5. The van der Waals surface area contributed by atoms with Gasteiger partial charge in [-0.3, -0.25) is 14.9 Å². The van der Waals surface area contributed by atoms with E-state index < -0.39 is 4.92 Å². The standard InChI is InChI=1S/C14H17N5O3/c1-15-14(20)10-3-4-12(13(7-10)19(21)22)17-6-5-11-8-16-9-18(11)2/h3-4,7-9,17H,5-6H2,1-2H3,(H,15,20). The van der Waals surface area contributed by atoms with Crippen LogP contribution in [-0.4, -0.2) is 34.0 Å². The molecule has 8 nitrogen and oxygen atoms in total. The molecule has 0 spiro atoms. The lowest BCUT2D eigenvalue weighted by Gasteiger charge is -2.08. The fourth-order valence-electron chi connectivity index (χ4n) is 2.07. The number of rotatable bonds is 6. The first-order valence-corrected chi connectivity index (χ1v) is 6.72. The van der Waals surface area contributed by atoms with E-state index in [9.17, 15) is 14.9 Å². The largest absolute Gasteiger partial charge is 0.379 e. The monoisotopic (exact) mass is 303 g/mol. The molecular weight excluding hydrogens is 286 g/mol. The van der Waals surface area contributed by atoms with Crippen molar-refractivity contribution in [3.63, 3.8) is 0 Å². The SMILES string of the molecule is CNC(=O)c1ccc(NCCc2cncn2C)c([N+](=O)[O-])c1. The zero-order valence-corrected chi connectivity index (χ0v) is 12.4. The number of nitrogens with zero attached hydrogens (tertiary/aromatic N) is 3. The average Bonchev–Trinajstić information content (AvgIpc) is 2.92. The Hall–Kier alpha value is -2.90. The van der Waals surface area contributed by atoms with Gasteiger partial charge in [-0.1, -0.05) is 0 Å². The smallest absolute Gasteiger partial charge is 0.293 e. The van der Waals surface area contributed by atoms with E-state index in [2.05, 4.69) is 15.6 Å². The summed E-state index contributed by atoms with van der Waals surface area (Å²) in [7, 11) is 3.37. The molecule has 22 heavy (non-hydrogen) atoms. The molecule has 0 radical (unpaired) electrons. The van der Waals surface area contributed by atoms with Gasteiger partial charge in [0.05, 0.1) is 11.3 Å². The number of carbonyl (C=O) groups excluding carboxylic acids is 1. The van der Waals surface area contributed by atoms with Crippen molar-refractivity contribution in [2.45, 2.75) is 6.42 Å². The summed E-state index contributed by atoms with van der Waals surface area (Å²) in [5.41, 5.74) is 1.55. The summed E-state index contributed by atoms with van der Waals surface area (Å²) in [5, 5.41) is 16.6. The van der Waals surface area contributed by atoms with Gasteiger partial charge in [0.1, 0.15) is 5.69 Å². The maximum absolute atomic E-state index is 11.5. The molecular formula is C14H17N5O3. The maximum Gasteiger partial charge on any atom is 0.293 e. The molecule has 1 aromatic heterocycles. The van der Waals surface area contributed by atoms with Gasteiger partial charge in [0.15, 0.2) is 0 Å². The first-order valence-electron chi connectivity index (χ1n) is 6.72. The van der Waals surface area contributed by atoms with Crippen LogP contribution in [0.2, 0.25) is 0 Å². The predicted molar refractivity (Wildman–Crippen MR) is 81.9 cm³/mol. The van der Waals surface area contributed by atoms with Crippen molar-refractivity contribution in [3.8, 4) is 0 Å². The molecule has 0 bridgehead atoms. The minimum Gasteiger partial charge on any atom is -0.379 e. The normalized spacial score (nSPS) is 10.3. The predicted octanol–water partition coefficient (Wildman–Crippen LogP) is 1.34. The lowest BCUT2D eigenvalue weighted by molar-refractivity contribution is -0.384. The number of nitrogens with one attached hydrogen (secondary N) is 2. The lowest BCUT2D eigenvalue weighted by atomic mass is 10.1. The van der Waals surface area contributed by atoms with Gasteiger partial charge in [-0.2, -0.15) is 0 Å². The molecule has 1 heterocycles. The Labute approximate surface area is 127 Å². The number of aryl methyl sites for hydroxylation is 1. The van der Waals surface area contributed by atoms with Crippen molar-refractivity contribution >= 4 is 17.3 Å². The summed E-state index contributed by atoms with van der Waals surface area (Å²) in [5.74, 6) is -0.357. The zero-order chi connectivity index (χ0) is 16.1. The highest BCUT2D eigenvalue weighted by Gasteiger charge is 2.16. The Morgan fingerprint density at radius 3 is 2.82 bits per heavy atom. The first kappa shape index (κ1) is 15.5. The molecule has 0 fully saturated rings. The number of imidazole rings is 1. The van der Waals surface area contributed by atoms with Gasteiger partial charge < -0.3 is 15.2 Å². The van der Waals surface area contributed by atoms with E-state index in [0.29, 0.717) is 18.7 Å². The third-order valence-corrected chi connectivity index (χ3v) is 3.30. The summed E-state index contributed by atoms with van der Waals surface area (Å²) in [6.07, 6.45) is 4.14. The van der Waals surface area contributed by atoms with E-state index in [1.165, 1.54) is 13.1 Å². The van der Waals surface area contributed by atoms with Crippen LogP contribution in [0.15, 0.2) is 30.7 Å². The molecule has 1 amide bonds. The Balaban J connectivity index is 2.11. The van der Waals surface area contributed by atoms with Crippen molar-refractivity contribution in [1.82, 2.24) is 14.9 Å². The van der Waals surface area contributed by atoms with E-state index in [1.54, 1.807) is 24.7 Å². The molecule has 0 aliphatic carbocycles. The number of hydrogen-bond acceptors (Lipinski definition) is 5. The number of anilines is 1. The van der Waals surface area contributed by atoms with Gasteiger partial charge in [-0.15, -0.1) is 0 Å². The summed E-state index contributed by atoms with van der Waals surface area (Å²) >= 11 is 0. The molecule has 0 atom stereocenters. The zero-order valence-electron chi connectivity index (χ0n) is 12.4. The third kappa shape index (κ3) is 3.40. The van der Waals surface area contributed by atoms with Gasteiger partial charge in [0.2, 0.25) is 0 Å². The number of nitro groups is 1. The summed E-state index contributed by atoms with van der Waals surface area (Å²) in [4.78, 5) is 26.2. The maximum atomic E-state index is 11.5. The van der Waals surface area contributed by atoms with Crippen molar-refractivity contribution in [3.05, 3.63) is 52.1 Å². The van der Waals surface area contributed by atoms with Gasteiger partial charge in [0, 0.05) is 50.6 Å². The highest BCUT2D eigenvalue weighted by Crippen LogP contribution is 2.25. The number of nitro benzene ring substituents is 1. The Morgan fingerprint density at radius 1 is 1.45 bits per heavy atom. The van der Waals surface area contributed by atoms with E-state index in [4.69, 9.17) is 0 Å². The highest BCUT2D eigenvalue weighted by atomic mass is 16.6. The van der Waals surface area contributed by atoms with Crippen LogP contribution in [0, 0.1) is 10.1 Å². The average molecular weight is 303 g/mol. The minimum atomic E-state index is -0.501. The van der Waals surface area contributed by atoms with Crippen LogP contribution in [0.5, 0.6) is 0 Å². The molecule has 0 aliphatic heterocycles. The lowest BCUT2D eigenvalue weighted by Crippen LogP contribution is -2.18. The van der Waals surface area contributed by atoms with Crippen molar-refractivity contribution in [2.75, 3.05) is 18.9 Å². The molecule has 0 saturated carbocycles. The van der Waals surface area contributed by atoms with Crippen molar-refractivity contribution in [1.29, 1.82) is 0 Å². The van der Waals surface area contributed by atoms with Crippen LogP contribution in [0.1, 0.15) is 16.1 Å². The van der Waals surface area contributed by atoms with Crippen LogP contribution in [0.3, 0.4) is 0 Å². The van der Waals surface area contributed by atoms with Crippen molar-refractivity contribution < 1.29 is 9.72 Å². The molecule has 116 valence electrons. The molecule has 1 aromatic carbocycles. The van der Waals surface area contributed by atoms with Crippen LogP contribution in [0.4, 0.5) is 11.4 Å². The third-order valence-electron chi connectivity index (χ3n) is 3.30. The Morgan fingerprint density at radius 2 is 2.23 bits per heavy atom. The van der Waals surface area contributed by atoms with Gasteiger partial charge in [-0.25, -0.2) is 4.98 Å². The minimum absolute atomic E-state index is 0.119. The van der Waals surface area contributed by atoms with Gasteiger partial charge >= 0.3 is 0 Å². The Bertz CT molecular complexity index is 696. The number of hydrogen-bond donors (Lipinski definition) is 2. The topological polar surface area (TPSA) is 102 Å². The molecule has 0 saturated heterocycles. The van der Waals surface area contributed by atoms with Gasteiger partial charge in [0.25, 0.3) is 11.6 Å². The summed E-state index contributed by atoms with van der Waals surface area (Å²) in [6.45, 7) is 0.527. The van der Waals surface area contributed by atoms with Crippen molar-refractivity contribution in [2.24, 2.45) is 7.05 Å². The van der Waals surface area contributed by atoms with Crippen LogP contribution >= 0.6 is 0 Å². The van der Waals surface area contributed by atoms with Crippen LogP contribution < -0.4 is 10.6 Å². The number of carbonyl (C=O) groups is 1. The molecule has 0 aliphatic rings. The Kier molecular flexibility index (Phi) is 4.72. The second-order valence-electron chi connectivity index (χ2n) is 4.74. The number of aromatic nitrogens is 2. The van der Waals surface area contributed by atoms with Gasteiger partial charge in [-0.05, 0) is 12.1 Å².